The van der Waals surface area contributed by atoms with Crippen LogP contribution in [0.15, 0.2) is 66.1 Å². The quantitative estimate of drug-likeness (QED) is 0.455. The van der Waals surface area contributed by atoms with E-state index in [-0.39, 0.29) is 5.91 Å². The first kappa shape index (κ1) is 17.7. The summed E-state index contributed by atoms with van der Waals surface area (Å²) in [5.41, 5.74) is 1.52. The van der Waals surface area contributed by atoms with E-state index in [0.717, 1.165) is 21.2 Å². The highest BCUT2D eigenvalue weighted by atomic mass is 35.5. The number of thioether (sulfide) groups is 1. The highest BCUT2D eigenvalue weighted by molar-refractivity contribution is 7.99. The first-order valence-corrected chi connectivity index (χ1v) is 9.59. The van der Waals surface area contributed by atoms with Crippen LogP contribution in [0, 0.1) is 0 Å². The lowest BCUT2D eigenvalue weighted by Crippen LogP contribution is -2.12. The molecule has 126 valence electrons. The van der Waals surface area contributed by atoms with Gasteiger partial charge >= 0.3 is 0 Å². The van der Waals surface area contributed by atoms with Crippen molar-refractivity contribution in [1.82, 2.24) is 10.2 Å². The number of aromatic nitrogens is 2. The zero-order valence-electron chi connectivity index (χ0n) is 13.1. The lowest BCUT2D eigenvalue weighted by molar-refractivity contribution is 0.102. The molecule has 0 saturated heterocycles. The second-order valence-electron chi connectivity index (χ2n) is 4.97. The number of rotatable bonds is 6. The fraction of sp³-hybridized carbons (Fsp3) is 0.0556. The van der Waals surface area contributed by atoms with Gasteiger partial charge in [0, 0.05) is 21.2 Å². The summed E-state index contributed by atoms with van der Waals surface area (Å²) in [6.07, 6.45) is 1.81. The largest absolute Gasteiger partial charge is 0.296 e. The predicted octanol–water partition coefficient (Wildman–Crippen LogP) is 5.39. The Morgan fingerprint density at radius 1 is 1.20 bits per heavy atom. The molecule has 25 heavy (non-hydrogen) atoms. The van der Waals surface area contributed by atoms with Crippen molar-refractivity contribution in [1.29, 1.82) is 0 Å². The molecule has 3 rings (SSSR count). The fourth-order valence-electron chi connectivity index (χ4n) is 2.08. The van der Waals surface area contributed by atoms with Gasteiger partial charge in [0.05, 0.1) is 5.56 Å². The summed E-state index contributed by atoms with van der Waals surface area (Å²) in [5.74, 6) is 0.537. The topological polar surface area (TPSA) is 54.9 Å². The van der Waals surface area contributed by atoms with E-state index >= 15 is 0 Å². The van der Waals surface area contributed by atoms with Gasteiger partial charge in [-0.2, -0.15) is 0 Å². The number of carbonyl (C=O) groups is 1. The third kappa shape index (κ3) is 4.48. The monoisotopic (exact) mass is 387 g/mol. The highest BCUT2D eigenvalue weighted by Gasteiger charge is 2.14. The van der Waals surface area contributed by atoms with Crippen LogP contribution in [-0.4, -0.2) is 21.9 Å². The van der Waals surface area contributed by atoms with Crippen LogP contribution in [0.5, 0.6) is 0 Å². The minimum atomic E-state index is -0.203. The molecule has 0 aliphatic rings. The normalized spacial score (nSPS) is 10.4. The predicted molar refractivity (Wildman–Crippen MR) is 106 cm³/mol. The van der Waals surface area contributed by atoms with Gasteiger partial charge in [-0.25, -0.2) is 0 Å². The lowest BCUT2D eigenvalue weighted by atomic mass is 10.2. The average molecular weight is 388 g/mol. The van der Waals surface area contributed by atoms with E-state index in [0.29, 0.717) is 15.7 Å². The number of nitrogens with one attached hydrogen (secondary N) is 1. The van der Waals surface area contributed by atoms with Gasteiger partial charge in [-0.15, -0.1) is 28.5 Å². The van der Waals surface area contributed by atoms with Crippen LogP contribution in [0.1, 0.15) is 10.4 Å². The van der Waals surface area contributed by atoms with Crippen molar-refractivity contribution < 1.29 is 4.79 Å². The molecule has 1 aromatic heterocycles. The first-order chi connectivity index (χ1) is 12.2. The van der Waals surface area contributed by atoms with Gasteiger partial charge in [-0.3, -0.25) is 10.1 Å². The van der Waals surface area contributed by atoms with Gasteiger partial charge < -0.3 is 0 Å². The zero-order chi connectivity index (χ0) is 17.6. The molecule has 0 unspecified atom stereocenters. The lowest BCUT2D eigenvalue weighted by Gasteiger charge is -2.07. The molecule has 1 amide bonds. The number of benzene rings is 2. The number of nitrogens with zero attached hydrogens (tertiary/aromatic N) is 2. The Morgan fingerprint density at radius 2 is 1.96 bits per heavy atom. The van der Waals surface area contributed by atoms with Crippen molar-refractivity contribution >= 4 is 45.7 Å². The van der Waals surface area contributed by atoms with Crippen molar-refractivity contribution in [3.8, 4) is 10.6 Å². The first-order valence-electron chi connectivity index (χ1n) is 7.41. The van der Waals surface area contributed by atoms with E-state index in [1.165, 1.54) is 11.3 Å². The Morgan fingerprint density at radius 3 is 2.72 bits per heavy atom. The minimum Gasteiger partial charge on any atom is -0.296 e. The Balaban J connectivity index is 1.76. The van der Waals surface area contributed by atoms with Crippen molar-refractivity contribution in [2.75, 3.05) is 11.1 Å². The van der Waals surface area contributed by atoms with Gasteiger partial charge in [0.25, 0.3) is 5.91 Å². The molecule has 1 N–H and O–H groups in total. The molecule has 0 aliphatic carbocycles. The highest BCUT2D eigenvalue weighted by Crippen LogP contribution is 2.28. The van der Waals surface area contributed by atoms with Crippen molar-refractivity contribution in [3.05, 3.63) is 71.8 Å². The maximum Gasteiger partial charge on any atom is 0.258 e. The molecule has 0 atom stereocenters. The maximum absolute atomic E-state index is 12.6. The van der Waals surface area contributed by atoms with E-state index in [1.807, 2.05) is 36.4 Å². The van der Waals surface area contributed by atoms with Crippen LogP contribution < -0.4 is 5.32 Å². The van der Waals surface area contributed by atoms with Gasteiger partial charge in [0.15, 0.2) is 0 Å². The molecule has 0 saturated carbocycles. The van der Waals surface area contributed by atoms with E-state index in [9.17, 15) is 4.79 Å². The molecule has 3 aromatic rings. The third-order valence-electron chi connectivity index (χ3n) is 3.23. The third-order valence-corrected chi connectivity index (χ3v) is 5.43. The number of halogens is 1. The Kier molecular flexibility index (Phi) is 5.86. The molecule has 2 aromatic carbocycles. The summed E-state index contributed by atoms with van der Waals surface area (Å²) in [7, 11) is 0. The molecular formula is C18H14ClN3OS2. The fourth-order valence-corrected chi connectivity index (χ4v) is 3.73. The number of hydrogen-bond acceptors (Lipinski definition) is 5. The SMILES string of the molecule is C=CCSc1ccccc1C(=O)Nc1nnc(-c2ccc(Cl)cc2)s1. The van der Waals surface area contributed by atoms with Crippen LogP contribution in [0.25, 0.3) is 10.6 Å². The van der Waals surface area contributed by atoms with Crippen LogP contribution in [0.4, 0.5) is 5.13 Å². The zero-order valence-corrected chi connectivity index (χ0v) is 15.5. The van der Waals surface area contributed by atoms with Crippen molar-refractivity contribution in [3.63, 3.8) is 0 Å². The Labute approximate surface area is 159 Å². The van der Waals surface area contributed by atoms with E-state index < -0.39 is 0 Å². The number of carbonyl (C=O) groups excluding carboxylic acids is 1. The number of amides is 1. The second kappa shape index (κ2) is 8.29. The number of anilines is 1. The summed E-state index contributed by atoms with van der Waals surface area (Å²) in [6.45, 7) is 3.71. The molecule has 0 radical (unpaired) electrons. The molecule has 0 spiro atoms. The Hall–Kier alpha value is -2.15. The summed E-state index contributed by atoms with van der Waals surface area (Å²) in [5, 5.41) is 12.8. The van der Waals surface area contributed by atoms with Gasteiger partial charge in [0.2, 0.25) is 5.13 Å². The molecule has 0 bridgehead atoms. The van der Waals surface area contributed by atoms with E-state index in [4.69, 9.17) is 11.6 Å². The Bertz CT molecular complexity index is 893. The second-order valence-corrected chi connectivity index (χ2v) is 7.45. The van der Waals surface area contributed by atoms with Crippen LogP contribution >= 0.6 is 34.7 Å². The summed E-state index contributed by atoms with van der Waals surface area (Å²) in [6, 6.07) is 14.8. The summed E-state index contributed by atoms with van der Waals surface area (Å²) >= 11 is 8.78. The summed E-state index contributed by atoms with van der Waals surface area (Å²) < 4.78 is 0. The molecule has 0 fully saturated rings. The standard InChI is InChI=1S/C18H14ClN3OS2/c1-2-11-24-15-6-4-3-5-14(15)16(23)20-18-22-21-17(25-18)12-7-9-13(19)10-8-12/h2-10H,1,11H2,(H,20,22,23). The molecule has 4 nitrogen and oxygen atoms in total. The van der Waals surface area contributed by atoms with Gasteiger partial charge in [-0.1, -0.05) is 53.3 Å². The van der Waals surface area contributed by atoms with E-state index in [2.05, 4.69) is 22.1 Å². The number of hydrogen-bond donors (Lipinski definition) is 1. The van der Waals surface area contributed by atoms with Crippen LogP contribution in [0.3, 0.4) is 0 Å². The van der Waals surface area contributed by atoms with Gasteiger partial charge in [0.1, 0.15) is 5.01 Å². The maximum atomic E-state index is 12.6. The van der Waals surface area contributed by atoms with Gasteiger partial charge in [-0.05, 0) is 24.3 Å². The molecule has 1 heterocycles. The van der Waals surface area contributed by atoms with Crippen molar-refractivity contribution in [2.45, 2.75) is 4.90 Å². The molecular weight excluding hydrogens is 374 g/mol. The minimum absolute atomic E-state index is 0.203. The molecule has 0 aliphatic heterocycles. The van der Waals surface area contributed by atoms with Crippen LogP contribution in [-0.2, 0) is 0 Å². The van der Waals surface area contributed by atoms with E-state index in [1.54, 1.807) is 30.0 Å². The van der Waals surface area contributed by atoms with Crippen molar-refractivity contribution in [2.24, 2.45) is 0 Å². The van der Waals surface area contributed by atoms with Crippen LogP contribution in [0.2, 0.25) is 5.02 Å². The smallest absolute Gasteiger partial charge is 0.258 e. The summed E-state index contributed by atoms with van der Waals surface area (Å²) in [4.78, 5) is 13.5. The molecule has 7 heteroatoms. The average Bonchev–Trinajstić information content (AvgIpc) is 3.09.